The van der Waals surface area contributed by atoms with E-state index in [0.717, 1.165) is 0 Å². The summed E-state index contributed by atoms with van der Waals surface area (Å²) in [4.78, 5) is 10.9. The monoisotopic (exact) mass is 177 g/mol. The number of methoxy groups -OCH3 is 1. The summed E-state index contributed by atoms with van der Waals surface area (Å²) in [7, 11) is 1.50. The number of hydrogen-bond donors (Lipinski definition) is 2. The zero-order valence-electron chi connectivity index (χ0n) is 7.32. The molecule has 3 N–H and O–H groups in total. The first-order valence-corrected chi connectivity index (χ1v) is 3.69. The predicted molar refractivity (Wildman–Crippen MR) is 42.5 cm³/mol. The second kappa shape index (κ2) is 5.93. The number of hydrogen-bond acceptors (Lipinski definition) is 5. The van der Waals surface area contributed by atoms with Crippen LogP contribution >= 0.6 is 0 Å². The molecule has 0 saturated heterocycles. The summed E-state index contributed by atoms with van der Waals surface area (Å²) in [6.07, 6.45) is -1.59. The van der Waals surface area contributed by atoms with Crippen molar-refractivity contribution in [3.8, 4) is 0 Å². The lowest BCUT2D eigenvalue weighted by molar-refractivity contribution is -0.159. The van der Waals surface area contributed by atoms with E-state index in [4.69, 9.17) is 20.3 Å². The van der Waals surface area contributed by atoms with Crippen molar-refractivity contribution in [2.45, 2.75) is 19.1 Å². The molecule has 0 radical (unpaired) electrons. The molecule has 0 fully saturated rings. The fourth-order valence-corrected chi connectivity index (χ4v) is 0.642. The van der Waals surface area contributed by atoms with Gasteiger partial charge in [0.25, 0.3) is 0 Å². The van der Waals surface area contributed by atoms with Crippen LogP contribution in [0, 0.1) is 0 Å². The molecule has 5 heteroatoms. The Morgan fingerprint density at radius 3 is 2.67 bits per heavy atom. The van der Waals surface area contributed by atoms with Crippen molar-refractivity contribution < 1.29 is 19.4 Å². The van der Waals surface area contributed by atoms with Gasteiger partial charge in [-0.25, -0.2) is 4.79 Å². The SMILES string of the molecule is COCC(C)OC(=O)C(O)CN. The van der Waals surface area contributed by atoms with Crippen molar-refractivity contribution in [1.82, 2.24) is 0 Å². The molecule has 5 nitrogen and oxygen atoms in total. The lowest BCUT2D eigenvalue weighted by Crippen LogP contribution is -2.34. The summed E-state index contributed by atoms with van der Waals surface area (Å²) in [6.45, 7) is 1.85. The number of aliphatic hydroxyl groups excluding tert-OH is 1. The molecule has 0 aliphatic rings. The van der Waals surface area contributed by atoms with Crippen LogP contribution in [-0.2, 0) is 14.3 Å². The van der Waals surface area contributed by atoms with E-state index in [-0.39, 0.29) is 12.6 Å². The number of esters is 1. The number of nitrogens with two attached hydrogens (primary N) is 1. The number of carbonyl (C=O) groups is 1. The first-order chi connectivity index (χ1) is 5.61. The van der Waals surface area contributed by atoms with Crippen LogP contribution in [0.25, 0.3) is 0 Å². The summed E-state index contributed by atoms with van der Waals surface area (Å²) < 4.78 is 9.48. The fraction of sp³-hybridized carbons (Fsp3) is 0.857. The Labute approximate surface area is 71.5 Å². The first-order valence-electron chi connectivity index (χ1n) is 3.69. The van der Waals surface area contributed by atoms with Gasteiger partial charge in [-0.1, -0.05) is 0 Å². The largest absolute Gasteiger partial charge is 0.458 e. The Morgan fingerprint density at radius 1 is 1.67 bits per heavy atom. The summed E-state index contributed by atoms with van der Waals surface area (Å²) in [6, 6.07) is 0. The van der Waals surface area contributed by atoms with Gasteiger partial charge >= 0.3 is 5.97 Å². The van der Waals surface area contributed by atoms with Gasteiger partial charge in [-0.2, -0.15) is 0 Å². The third-order valence-corrected chi connectivity index (χ3v) is 1.21. The van der Waals surface area contributed by atoms with Crippen LogP contribution in [0.1, 0.15) is 6.92 Å². The van der Waals surface area contributed by atoms with Gasteiger partial charge in [-0.3, -0.25) is 0 Å². The summed E-state index contributed by atoms with van der Waals surface area (Å²) >= 11 is 0. The molecule has 0 bridgehead atoms. The maximum atomic E-state index is 10.9. The maximum absolute atomic E-state index is 10.9. The lowest BCUT2D eigenvalue weighted by Gasteiger charge is -2.14. The average Bonchev–Trinajstić information content (AvgIpc) is 2.03. The zero-order valence-corrected chi connectivity index (χ0v) is 7.32. The van der Waals surface area contributed by atoms with Crippen molar-refractivity contribution >= 4 is 5.97 Å². The molecule has 0 saturated carbocycles. The van der Waals surface area contributed by atoms with Crippen molar-refractivity contribution in [2.24, 2.45) is 5.73 Å². The van der Waals surface area contributed by atoms with Crippen LogP contribution in [0.5, 0.6) is 0 Å². The van der Waals surface area contributed by atoms with Gasteiger partial charge in [0, 0.05) is 13.7 Å². The summed E-state index contributed by atoms with van der Waals surface area (Å²) in [5.41, 5.74) is 5.04. The standard InChI is InChI=1S/C7H15NO4/c1-5(4-11-2)12-7(10)6(9)3-8/h5-6,9H,3-4,8H2,1-2H3. The second-order valence-electron chi connectivity index (χ2n) is 2.45. The molecule has 12 heavy (non-hydrogen) atoms. The zero-order chi connectivity index (χ0) is 9.56. The minimum absolute atomic E-state index is 0.126. The smallest absolute Gasteiger partial charge is 0.336 e. The molecule has 0 heterocycles. The highest BCUT2D eigenvalue weighted by Gasteiger charge is 2.17. The fourth-order valence-electron chi connectivity index (χ4n) is 0.642. The van der Waals surface area contributed by atoms with E-state index in [9.17, 15) is 4.79 Å². The Bertz CT molecular complexity index is 139. The molecule has 0 aromatic carbocycles. The minimum atomic E-state index is -1.23. The van der Waals surface area contributed by atoms with Crippen LogP contribution < -0.4 is 5.73 Å². The Kier molecular flexibility index (Phi) is 5.61. The Hall–Kier alpha value is -0.650. The predicted octanol–water partition coefficient (Wildman–Crippen LogP) is -1.12. The molecule has 0 aliphatic carbocycles. The molecule has 2 unspecified atom stereocenters. The van der Waals surface area contributed by atoms with Gasteiger partial charge < -0.3 is 20.3 Å². The van der Waals surface area contributed by atoms with Crippen LogP contribution in [0.15, 0.2) is 0 Å². The van der Waals surface area contributed by atoms with Crippen molar-refractivity contribution in [2.75, 3.05) is 20.3 Å². The number of rotatable bonds is 5. The van der Waals surface area contributed by atoms with Crippen molar-refractivity contribution in [1.29, 1.82) is 0 Å². The molecule has 0 spiro atoms. The molecule has 0 rings (SSSR count). The highest BCUT2D eigenvalue weighted by atomic mass is 16.6. The number of ether oxygens (including phenoxy) is 2. The summed E-state index contributed by atoms with van der Waals surface area (Å²) in [5, 5.41) is 8.90. The van der Waals surface area contributed by atoms with Gasteiger partial charge in [0.15, 0.2) is 6.10 Å². The molecular weight excluding hydrogens is 162 g/mol. The topological polar surface area (TPSA) is 81.8 Å². The molecule has 0 aliphatic heterocycles. The van der Waals surface area contributed by atoms with E-state index < -0.39 is 12.1 Å². The van der Waals surface area contributed by atoms with Gasteiger partial charge in [-0.05, 0) is 6.92 Å². The van der Waals surface area contributed by atoms with Crippen molar-refractivity contribution in [3.63, 3.8) is 0 Å². The maximum Gasteiger partial charge on any atom is 0.336 e. The average molecular weight is 177 g/mol. The second-order valence-corrected chi connectivity index (χ2v) is 2.45. The third-order valence-electron chi connectivity index (χ3n) is 1.21. The van der Waals surface area contributed by atoms with Gasteiger partial charge in [0.2, 0.25) is 0 Å². The van der Waals surface area contributed by atoms with E-state index in [2.05, 4.69) is 0 Å². The van der Waals surface area contributed by atoms with E-state index in [0.29, 0.717) is 6.61 Å². The number of carbonyl (C=O) groups excluding carboxylic acids is 1. The summed E-state index contributed by atoms with van der Waals surface area (Å²) in [5.74, 6) is -0.706. The minimum Gasteiger partial charge on any atom is -0.458 e. The van der Waals surface area contributed by atoms with Crippen LogP contribution in [-0.4, -0.2) is 43.5 Å². The van der Waals surface area contributed by atoms with E-state index >= 15 is 0 Å². The quantitative estimate of drug-likeness (QED) is 0.520. The van der Waals surface area contributed by atoms with Crippen molar-refractivity contribution in [3.05, 3.63) is 0 Å². The van der Waals surface area contributed by atoms with Crippen LogP contribution in [0.2, 0.25) is 0 Å². The van der Waals surface area contributed by atoms with Gasteiger partial charge in [0.1, 0.15) is 6.10 Å². The molecular formula is C7H15NO4. The van der Waals surface area contributed by atoms with Crippen LogP contribution in [0.3, 0.4) is 0 Å². The first kappa shape index (κ1) is 11.4. The van der Waals surface area contributed by atoms with Gasteiger partial charge in [-0.15, -0.1) is 0 Å². The lowest BCUT2D eigenvalue weighted by atomic mass is 10.3. The molecule has 0 aromatic heterocycles. The van der Waals surface area contributed by atoms with E-state index in [1.54, 1.807) is 6.92 Å². The molecule has 0 amide bonds. The molecule has 0 aromatic rings. The Morgan fingerprint density at radius 2 is 2.25 bits per heavy atom. The highest BCUT2D eigenvalue weighted by Crippen LogP contribution is 1.94. The third kappa shape index (κ3) is 4.27. The molecule has 2 atom stereocenters. The highest BCUT2D eigenvalue weighted by molar-refractivity contribution is 5.74. The van der Waals surface area contributed by atoms with E-state index in [1.165, 1.54) is 7.11 Å². The normalized spacial score (nSPS) is 15.3. The molecule has 72 valence electrons. The number of aliphatic hydroxyl groups is 1. The van der Waals surface area contributed by atoms with E-state index in [1.807, 2.05) is 0 Å². The Balaban J connectivity index is 3.67. The van der Waals surface area contributed by atoms with Crippen LogP contribution in [0.4, 0.5) is 0 Å². The van der Waals surface area contributed by atoms with Gasteiger partial charge in [0.05, 0.1) is 6.61 Å².